The Bertz CT molecular complexity index is 126. The Morgan fingerprint density at radius 2 is 1.55 bits per heavy atom. The van der Waals surface area contributed by atoms with Gasteiger partial charge in [0.1, 0.15) is 12.6 Å². The fourth-order valence-electron chi connectivity index (χ4n) is 0.597. The molecule has 0 aromatic rings. The lowest BCUT2D eigenvalue weighted by Crippen LogP contribution is -2.19. The lowest BCUT2D eigenvalue weighted by Gasteiger charge is -2.10. The lowest BCUT2D eigenvalue weighted by molar-refractivity contribution is -0.108. The van der Waals surface area contributed by atoms with Gasteiger partial charge in [-0.1, -0.05) is 0 Å². The standard InChI is InChI=1S/C6H10N2O3/c9-5-1-3-8(7-11)4-2-6-10/h5-6H,1-4H2. The SMILES string of the molecule is O=CCCN(CCC=O)N=O. The first-order valence-corrected chi connectivity index (χ1v) is 3.30. The minimum Gasteiger partial charge on any atom is -0.303 e. The topological polar surface area (TPSA) is 66.8 Å². The van der Waals surface area contributed by atoms with Gasteiger partial charge in [-0.15, -0.1) is 4.91 Å². The van der Waals surface area contributed by atoms with Crippen molar-refractivity contribution in [2.45, 2.75) is 12.8 Å². The van der Waals surface area contributed by atoms with Crippen LogP contribution < -0.4 is 0 Å². The van der Waals surface area contributed by atoms with Crippen LogP contribution in [0.5, 0.6) is 0 Å². The van der Waals surface area contributed by atoms with Crippen LogP contribution in [0, 0.1) is 4.91 Å². The number of rotatable bonds is 7. The maximum absolute atomic E-state index is 9.96. The number of hydrogen-bond acceptors (Lipinski definition) is 4. The Balaban J connectivity index is 3.47. The minimum atomic E-state index is 0.268. The Morgan fingerprint density at radius 1 is 1.09 bits per heavy atom. The molecule has 0 aliphatic heterocycles. The van der Waals surface area contributed by atoms with E-state index in [1.54, 1.807) is 0 Å². The second kappa shape index (κ2) is 6.85. The number of hydrogen-bond donors (Lipinski definition) is 0. The first kappa shape index (κ1) is 9.74. The predicted octanol–water partition coefficient (Wildman–Crippen LogP) is 0.148. The zero-order chi connectivity index (χ0) is 8.53. The molecule has 0 saturated carbocycles. The van der Waals surface area contributed by atoms with E-state index in [9.17, 15) is 14.5 Å². The van der Waals surface area contributed by atoms with Crippen molar-refractivity contribution in [3.05, 3.63) is 4.91 Å². The summed E-state index contributed by atoms with van der Waals surface area (Å²) in [6, 6.07) is 0. The van der Waals surface area contributed by atoms with E-state index in [-0.39, 0.29) is 12.8 Å². The van der Waals surface area contributed by atoms with Gasteiger partial charge in [0.25, 0.3) is 0 Å². The van der Waals surface area contributed by atoms with Crippen LogP contribution in [0.1, 0.15) is 12.8 Å². The molecule has 5 heteroatoms. The summed E-state index contributed by atoms with van der Waals surface area (Å²) in [4.78, 5) is 29.7. The zero-order valence-corrected chi connectivity index (χ0v) is 6.10. The van der Waals surface area contributed by atoms with Crippen molar-refractivity contribution in [1.29, 1.82) is 0 Å². The van der Waals surface area contributed by atoms with Crippen LogP contribution in [0.3, 0.4) is 0 Å². The molecule has 0 atom stereocenters. The van der Waals surface area contributed by atoms with Gasteiger partial charge in [-0.05, 0) is 0 Å². The molecule has 0 bridgehead atoms. The van der Waals surface area contributed by atoms with Gasteiger partial charge in [0.15, 0.2) is 0 Å². The molecule has 62 valence electrons. The molecule has 0 aliphatic rings. The Labute approximate surface area is 64.3 Å². The largest absolute Gasteiger partial charge is 0.303 e. The van der Waals surface area contributed by atoms with Gasteiger partial charge < -0.3 is 9.59 Å². The van der Waals surface area contributed by atoms with Gasteiger partial charge >= 0.3 is 0 Å². The van der Waals surface area contributed by atoms with Gasteiger partial charge in [-0.2, -0.15) is 0 Å². The van der Waals surface area contributed by atoms with Crippen LogP contribution in [0.2, 0.25) is 0 Å². The van der Waals surface area contributed by atoms with E-state index >= 15 is 0 Å². The van der Waals surface area contributed by atoms with E-state index in [2.05, 4.69) is 5.29 Å². The highest BCUT2D eigenvalue weighted by atomic mass is 16.3. The Hall–Kier alpha value is -1.26. The average molecular weight is 158 g/mol. The van der Waals surface area contributed by atoms with Gasteiger partial charge in [0.2, 0.25) is 0 Å². The van der Waals surface area contributed by atoms with Gasteiger partial charge in [0.05, 0.1) is 5.29 Å². The molecular formula is C6H10N2O3. The van der Waals surface area contributed by atoms with Crippen LogP contribution in [0.15, 0.2) is 5.29 Å². The minimum absolute atomic E-state index is 0.268. The molecule has 0 saturated heterocycles. The highest BCUT2D eigenvalue weighted by Crippen LogP contribution is 1.91. The summed E-state index contributed by atoms with van der Waals surface area (Å²) in [6.07, 6.45) is 1.95. The summed E-state index contributed by atoms with van der Waals surface area (Å²) in [5, 5.41) is 3.78. The van der Waals surface area contributed by atoms with E-state index in [1.807, 2.05) is 0 Å². The molecule has 0 N–H and O–H groups in total. The second-order valence-electron chi connectivity index (χ2n) is 1.95. The van der Waals surface area contributed by atoms with Crippen molar-refractivity contribution in [3.8, 4) is 0 Å². The normalized spacial score (nSPS) is 8.73. The van der Waals surface area contributed by atoms with Crippen LogP contribution >= 0.6 is 0 Å². The molecule has 0 heterocycles. The number of aldehydes is 2. The van der Waals surface area contributed by atoms with Crippen molar-refractivity contribution in [2.24, 2.45) is 5.29 Å². The van der Waals surface area contributed by atoms with Crippen LogP contribution in [-0.2, 0) is 9.59 Å². The number of carbonyl (C=O) groups is 2. The fourth-order valence-corrected chi connectivity index (χ4v) is 0.597. The van der Waals surface area contributed by atoms with E-state index in [0.29, 0.717) is 25.7 Å². The molecule has 0 aromatic heterocycles. The molecule has 0 aliphatic carbocycles. The molecule has 0 fully saturated rings. The molecule has 11 heavy (non-hydrogen) atoms. The summed E-state index contributed by atoms with van der Waals surface area (Å²) >= 11 is 0. The maximum Gasteiger partial charge on any atom is 0.121 e. The molecule has 0 aromatic carbocycles. The van der Waals surface area contributed by atoms with E-state index in [1.165, 1.54) is 0 Å². The van der Waals surface area contributed by atoms with Crippen molar-refractivity contribution in [1.82, 2.24) is 5.01 Å². The first-order chi connectivity index (χ1) is 5.35. The van der Waals surface area contributed by atoms with E-state index in [4.69, 9.17) is 0 Å². The number of nitroso groups, excluding NO2 is 1. The fraction of sp³-hybridized carbons (Fsp3) is 0.667. The third-order valence-electron chi connectivity index (χ3n) is 1.13. The Morgan fingerprint density at radius 3 is 1.82 bits per heavy atom. The molecule has 0 radical (unpaired) electrons. The Kier molecular flexibility index (Phi) is 6.07. The molecule has 0 rings (SSSR count). The van der Waals surface area contributed by atoms with Crippen LogP contribution in [0.4, 0.5) is 0 Å². The molecule has 0 amide bonds. The quantitative estimate of drug-likeness (QED) is 0.300. The van der Waals surface area contributed by atoms with Crippen molar-refractivity contribution < 1.29 is 9.59 Å². The third kappa shape index (κ3) is 5.20. The van der Waals surface area contributed by atoms with E-state index in [0.717, 1.165) is 5.01 Å². The molecule has 0 unspecified atom stereocenters. The van der Waals surface area contributed by atoms with Crippen molar-refractivity contribution in [3.63, 3.8) is 0 Å². The highest BCUT2D eigenvalue weighted by Gasteiger charge is 1.99. The van der Waals surface area contributed by atoms with Gasteiger partial charge in [0, 0.05) is 25.9 Å². The monoisotopic (exact) mass is 158 g/mol. The molecule has 5 nitrogen and oxygen atoms in total. The average Bonchev–Trinajstić information content (AvgIpc) is 2.05. The van der Waals surface area contributed by atoms with Gasteiger partial charge in [-0.3, -0.25) is 5.01 Å². The number of nitrogens with zero attached hydrogens (tertiary/aromatic N) is 2. The van der Waals surface area contributed by atoms with Crippen molar-refractivity contribution in [2.75, 3.05) is 13.1 Å². The summed E-state index contributed by atoms with van der Waals surface area (Å²) in [6.45, 7) is 0.585. The third-order valence-corrected chi connectivity index (χ3v) is 1.13. The molecular weight excluding hydrogens is 148 g/mol. The smallest absolute Gasteiger partial charge is 0.121 e. The maximum atomic E-state index is 9.96. The van der Waals surface area contributed by atoms with Gasteiger partial charge in [-0.25, -0.2) is 0 Å². The summed E-state index contributed by atoms with van der Waals surface area (Å²) in [5.41, 5.74) is 0. The van der Waals surface area contributed by atoms with E-state index < -0.39 is 0 Å². The zero-order valence-electron chi connectivity index (χ0n) is 6.10. The number of carbonyl (C=O) groups excluding carboxylic acids is 2. The predicted molar refractivity (Wildman–Crippen MR) is 38.7 cm³/mol. The second-order valence-corrected chi connectivity index (χ2v) is 1.95. The summed E-state index contributed by atoms with van der Waals surface area (Å²) < 4.78 is 0. The summed E-state index contributed by atoms with van der Waals surface area (Å²) in [5.74, 6) is 0. The first-order valence-electron chi connectivity index (χ1n) is 3.30. The molecule has 0 spiro atoms. The van der Waals surface area contributed by atoms with Crippen LogP contribution in [-0.4, -0.2) is 30.7 Å². The van der Waals surface area contributed by atoms with Crippen molar-refractivity contribution >= 4 is 12.6 Å². The highest BCUT2D eigenvalue weighted by molar-refractivity contribution is 5.50. The summed E-state index contributed by atoms with van der Waals surface area (Å²) in [7, 11) is 0. The lowest BCUT2D eigenvalue weighted by atomic mass is 10.4. The van der Waals surface area contributed by atoms with Crippen LogP contribution in [0.25, 0.3) is 0 Å².